The van der Waals surface area contributed by atoms with E-state index in [1.54, 1.807) is 19.5 Å². The second kappa shape index (κ2) is 7.26. The Hall–Kier alpha value is -2.36. The summed E-state index contributed by atoms with van der Waals surface area (Å²) in [5, 5.41) is 0. The summed E-state index contributed by atoms with van der Waals surface area (Å²) in [7, 11) is 1.66. The number of carbonyl (C=O) groups excluding carboxylic acids is 1. The molecule has 0 bridgehead atoms. The molecule has 1 aromatic carbocycles. The molecule has 1 fully saturated rings. The molecule has 0 aliphatic heterocycles. The van der Waals surface area contributed by atoms with Gasteiger partial charge in [0.2, 0.25) is 5.91 Å². The molecule has 1 saturated carbocycles. The zero-order valence-electron chi connectivity index (χ0n) is 15.2. The van der Waals surface area contributed by atoms with Gasteiger partial charge in [0, 0.05) is 25.0 Å². The van der Waals surface area contributed by atoms with Crippen molar-refractivity contribution >= 4 is 5.91 Å². The topological polar surface area (TPSA) is 42.4 Å². The van der Waals surface area contributed by atoms with Crippen LogP contribution < -0.4 is 4.74 Å². The summed E-state index contributed by atoms with van der Waals surface area (Å²) in [5.41, 5.74) is 1.86. The molecule has 0 radical (unpaired) electrons. The standard InChI is InChI=1S/C21H26N2O2/c1-4-16(2)23(15-17-9-13-22-14-10-17)20(24)21(11-12-21)18-5-7-19(25-3)8-6-18/h5-10,13-14,16H,4,11-12,15H2,1-3H3/t16-/m0/s1. The Morgan fingerprint density at radius 1 is 1.20 bits per heavy atom. The van der Waals surface area contributed by atoms with Crippen molar-refractivity contribution in [1.29, 1.82) is 0 Å². The third-order valence-corrected chi connectivity index (χ3v) is 5.29. The number of rotatable bonds is 7. The number of ether oxygens (including phenoxy) is 1. The van der Waals surface area contributed by atoms with E-state index in [0.717, 1.165) is 36.1 Å². The van der Waals surface area contributed by atoms with Gasteiger partial charge in [-0.15, -0.1) is 0 Å². The van der Waals surface area contributed by atoms with Crippen molar-refractivity contribution in [3.05, 3.63) is 59.9 Å². The number of benzene rings is 1. The first-order chi connectivity index (χ1) is 12.1. The molecule has 1 aliphatic carbocycles. The van der Waals surface area contributed by atoms with Crippen LogP contribution in [0.15, 0.2) is 48.8 Å². The first kappa shape index (κ1) is 17.5. The van der Waals surface area contributed by atoms with Crippen molar-refractivity contribution in [3.63, 3.8) is 0 Å². The van der Waals surface area contributed by atoms with Crippen LogP contribution in [-0.2, 0) is 16.8 Å². The molecule has 0 N–H and O–H groups in total. The SMILES string of the molecule is CC[C@H](C)N(Cc1ccncc1)C(=O)C1(c2ccc(OC)cc2)CC1. The number of hydrogen-bond donors (Lipinski definition) is 0. The van der Waals surface area contributed by atoms with Gasteiger partial charge in [-0.25, -0.2) is 0 Å². The second-order valence-corrected chi connectivity index (χ2v) is 6.86. The summed E-state index contributed by atoms with van der Waals surface area (Å²) in [5.74, 6) is 1.06. The Morgan fingerprint density at radius 3 is 2.36 bits per heavy atom. The zero-order valence-corrected chi connectivity index (χ0v) is 15.2. The number of methoxy groups -OCH3 is 1. The Bertz CT molecular complexity index is 708. The van der Waals surface area contributed by atoms with Gasteiger partial charge in [0.15, 0.2) is 0 Å². The molecular weight excluding hydrogens is 312 g/mol. The summed E-state index contributed by atoms with van der Waals surface area (Å²) in [6.45, 7) is 4.89. The highest BCUT2D eigenvalue weighted by molar-refractivity contribution is 5.91. The molecule has 1 atom stereocenters. The zero-order chi connectivity index (χ0) is 17.9. The van der Waals surface area contributed by atoms with E-state index in [-0.39, 0.29) is 17.4 Å². The van der Waals surface area contributed by atoms with E-state index < -0.39 is 0 Å². The lowest BCUT2D eigenvalue weighted by molar-refractivity contribution is -0.136. The first-order valence-electron chi connectivity index (χ1n) is 8.95. The van der Waals surface area contributed by atoms with Crippen molar-refractivity contribution in [1.82, 2.24) is 9.88 Å². The number of pyridine rings is 1. The Balaban J connectivity index is 1.85. The van der Waals surface area contributed by atoms with E-state index in [1.807, 2.05) is 41.3 Å². The maximum atomic E-state index is 13.5. The largest absolute Gasteiger partial charge is 0.497 e. The lowest BCUT2D eigenvalue weighted by Crippen LogP contribution is -2.44. The van der Waals surface area contributed by atoms with Crippen LogP contribution in [0, 0.1) is 0 Å². The Kier molecular flexibility index (Phi) is 5.07. The van der Waals surface area contributed by atoms with E-state index in [4.69, 9.17) is 4.74 Å². The minimum absolute atomic E-state index is 0.205. The molecule has 4 heteroatoms. The van der Waals surface area contributed by atoms with Crippen molar-refractivity contribution in [2.75, 3.05) is 7.11 Å². The fourth-order valence-electron chi connectivity index (χ4n) is 3.27. The van der Waals surface area contributed by atoms with Crippen molar-refractivity contribution in [2.45, 2.75) is 51.1 Å². The van der Waals surface area contributed by atoms with E-state index in [2.05, 4.69) is 18.8 Å². The summed E-state index contributed by atoms with van der Waals surface area (Å²) < 4.78 is 5.24. The summed E-state index contributed by atoms with van der Waals surface area (Å²) in [6.07, 6.45) is 6.34. The molecule has 2 aromatic rings. The average Bonchev–Trinajstić information content (AvgIpc) is 3.48. The minimum Gasteiger partial charge on any atom is -0.497 e. The fourth-order valence-corrected chi connectivity index (χ4v) is 3.27. The van der Waals surface area contributed by atoms with Crippen LogP contribution in [-0.4, -0.2) is 28.9 Å². The van der Waals surface area contributed by atoms with Crippen LogP contribution in [0.3, 0.4) is 0 Å². The van der Waals surface area contributed by atoms with Gasteiger partial charge in [-0.3, -0.25) is 9.78 Å². The van der Waals surface area contributed by atoms with Gasteiger partial charge < -0.3 is 9.64 Å². The second-order valence-electron chi connectivity index (χ2n) is 6.86. The number of hydrogen-bond acceptors (Lipinski definition) is 3. The van der Waals surface area contributed by atoms with Gasteiger partial charge in [0.1, 0.15) is 5.75 Å². The van der Waals surface area contributed by atoms with Gasteiger partial charge in [-0.1, -0.05) is 19.1 Å². The maximum absolute atomic E-state index is 13.5. The molecular formula is C21H26N2O2. The molecule has 132 valence electrons. The van der Waals surface area contributed by atoms with Crippen LogP contribution in [0.4, 0.5) is 0 Å². The van der Waals surface area contributed by atoms with Gasteiger partial charge in [0.05, 0.1) is 12.5 Å². The van der Waals surface area contributed by atoms with Crippen molar-refractivity contribution in [2.24, 2.45) is 0 Å². The van der Waals surface area contributed by atoms with Gasteiger partial charge in [-0.05, 0) is 61.6 Å². The monoisotopic (exact) mass is 338 g/mol. The molecule has 25 heavy (non-hydrogen) atoms. The van der Waals surface area contributed by atoms with Crippen LogP contribution in [0.5, 0.6) is 5.75 Å². The molecule has 0 unspecified atom stereocenters. The quantitative estimate of drug-likeness (QED) is 0.768. The lowest BCUT2D eigenvalue weighted by Gasteiger charge is -2.32. The van der Waals surface area contributed by atoms with E-state index in [0.29, 0.717) is 6.54 Å². The highest BCUT2D eigenvalue weighted by Gasteiger charge is 2.53. The number of amides is 1. The Morgan fingerprint density at radius 2 is 1.84 bits per heavy atom. The Labute approximate surface area is 149 Å². The fraction of sp³-hybridized carbons (Fsp3) is 0.429. The van der Waals surface area contributed by atoms with E-state index in [1.165, 1.54) is 0 Å². The smallest absolute Gasteiger partial charge is 0.233 e. The molecule has 1 amide bonds. The third kappa shape index (κ3) is 3.53. The molecule has 3 rings (SSSR count). The highest BCUT2D eigenvalue weighted by Crippen LogP contribution is 2.50. The number of nitrogens with zero attached hydrogens (tertiary/aromatic N) is 2. The van der Waals surface area contributed by atoms with Crippen LogP contribution in [0.1, 0.15) is 44.2 Å². The summed E-state index contributed by atoms with van der Waals surface area (Å²) >= 11 is 0. The van der Waals surface area contributed by atoms with Gasteiger partial charge >= 0.3 is 0 Å². The first-order valence-corrected chi connectivity index (χ1v) is 8.95. The minimum atomic E-state index is -0.358. The third-order valence-electron chi connectivity index (χ3n) is 5.29. The average molecular weight is 338 g/mol. The van der Waals surface area contributed by atoms with E-state index in [9.17, 15) is 4.79 Å². The number of aromatic nitrogens is 1. The van der Waals surface area contributed by atoms with Gasteiger partial charge in [0.25, 0.3) is 0 Å². The predicted octanol–water partition coefficient (Wildman–Crippen LogP) is 3.95. The molecule has 0 spiro atoms. The molecule has 0 saturated heterocycles. The van der Waals surface area contributed by atoms with E-state index >= 15 is 0 Å². The molecule has 1 aliphatic rings. The highest BCUT2D eigenvalue weighted by atomic mass is 16.5. The maximum Gasteiger partial charge on any atom is 0.233 e. The molecule has 1 aromatic heterocycles. The van der Waals surface area contributed by atoms with Crippen molar-refractivity contribution < 1.29 is 9.53 Å². The normalized spacial score (nSPS) is 16.1. The lowest BCUT2D eigenvalue weighted by atomic mass is 9.93. The van der Waals surface area contributed by atoms with Crippen LogP contribution >= 0.6 is 0 Å². The molecule has 1 heterocycles. The summed E-state index contributed by atoms with van der Waals surface area (Å²) in [6, 6.07) is 12.1. The predicted molar refractivity (Wildman–Crippen MR) is 98.4 cm³/mol. The van der Waals surface area contributed by atoms with Gasteiger partial charge in [-0.2, -0.15) is 0 Å². The molecule has 4 nitrogen and oxygen atoms in total. The van der Waals surface area contributed by atoms with Crippen LogP contribution in [0.25, 0.3) is 0 Å². The number of carbonyl (C=O) groups is 1. The van der Waals surface area contributed by atoms with Crippen molar-refractivity contribution in [3.8, 4) is 5.75 Å². The van der Waals surface area contributed by atoms with Crippen LogP contribution in [0.2, 0.25) is 0 Å². The summed E-state index contributed by atoms with van der Waals surface area (Å²) in [4.78, 5) is 19.6.